The van der Waals surface area contributed by atoms with Gasteiger partial charge in [0.2, 0.25) is 0 Å². The predicted molar refractivity (Wildman–Crippen MR) is 106 cm³/mol. The van der Waals surface area contributed by atoms with Crippen LogP contribution >= 0.6 is 0 Å². The van der Waals surface area contributed by atoms with Gasteiger partial charge in [0.25, 0.3) is 0 Å². The number of fused-ring (bicyclic) bond motifs is 2. The minimum atomic E-state index is -3.87. The van der Waals surface area contributed by atoms with E-state index in [1.807, 2.05) is 4.90 Å². The van der Waals surface area contributed by atoms with Gasteiger partial charge in [-0.1, -0.05) is 11.2 Å². The minimum Gasteiger partial charge on any atom is -0.423 e. The number of sulfonamides is 1. The first-order chi connectivity index (χ1) is 13.5. The SMILES string of the molecule is [K+].[N-]=[N+]=NCCN1CC(S(=O)(=O)[N-]C(=O)Nc2c3c(cc4c2CCC4)CCC3)C1. The molecule has 0 bridgehead atoms. The molecule has 1 heterocycles. The van der Waals surface area contributed by atoms with Gasteiger partial charge in [-0.25, -0.2) is 8.42 Å². The molecule has 0 atom stereocenters. The second-order valence-electron chi connectivity index (χ2n) is 7.61. The van der Waals surface area contributed by atoms with Crippen LogP contribution in [-0.4, -0.2) is 50.8 Å². The predicted octanol–water partition coefficient (Wildman–Crippen LogP) is -0.102. The van der Waals surface area contributed by atoms with Gasteiger partial charge in [0.05, 0.1) is 5.25 Å². The minimum absolute atomic E-state index is 0. The van der Waals surface area contributed by atoms with E-state index >= 15 is 0 Å². The van der Waals surface area contributed by atoms with Crippen molar-refractivity contribution in [3.05, 3.63) is 43.5 Å². The molecule has 2 aliphatic carbocycles. The summed E-state index contributed by atoms with van der Waals surface area (Å²) in [6.45, 7) is 1.40. The first kappa shape index (κ1) is 23.0. The van der Waals surface area contributed by atoms with Crippen LogP contribution in [-0.2, 0) is 35.7 Å². The number of nitrogens with zero attached hydrogens (tertiary/aromatic N) is 5. The largest absolute Gasteiger partial charge is 1.00 e. The van der Waals surface area contributed by atoms with Gasteiger partial charge < -0.3 is 14.9 Å². The van der Waals surface area contributed by atoms with Crippen molar-refractivity contribution in [1.29, 1.82) is 0 Å². The quantitative estimate of drug-likeness (QED) is 0.285. The molecule has 0 unspecified atom stereocenters. The molecular formula is C18H23KN6O3S. The van der Waals surface area contributed by atoms with Crippen molar-refractivity contribution in [2.75, 3.05) is 31.5 Å². The van der Waals surface area contributed by atoms with Crippen LogP contribution in [0.15, 0.2) is 11.2 Å². The molecule has 0 saturated carbocycles. The van der Waals surface area contributed by atoms with E-state index in [1.54, 1.807) is 0 Å². The number of hydrogen-bond donors (Lipinski definition) is 1. The fourth-order valence-electron chi connectivity index (χ4n) is 4.41. The average Bonchev–Trinajstić information content (AvgIpc) is 3.24. The van der Waals surface area contributed by atoms with Crippen LogP contribution in [0, 0.1) is 0 Å². The molecule has 3 aliphatic rings. The van der Waals surface area contributed by atoms with Gasteiger partial charge >= 0.3 is 51.4 Å². The monoisotopic (exact) mass is 442 g/mol. The van der Waals surface area contributed by atoms with Crippen molar-refractivity contribution in [2.45, 2.75) is 43.8 Å². The maximum Gasteiger partial charge on any atom is 1.00 e. The van der Waals surface area contributed by atoms with Crippen molar-refractivity contribution in [3.8, 4) is 0 Å². The zero-order valence-corrected chi connectivity index (χ0v) is 20.5. The number of rotatable bonds is 6. The van der Waals surface area contributed by atoms with Crippen LogP contribution in [0.25, 0.3) is 15.2 Å². The number of amides is 2. The maximum absolute atomic E-state index is 12.4. The second kappa shape index (κ2) is 9.65. The molecule has 1 fully saturated rings. The Morgan fingerprint density at radius 1 is 1.21 bits per heavy atom. The molecule has 1 aromatic rings. The van der Waals surface area contributed by atoms with Crippen LogP contribution in [0.3, 0.4) is 0 Å². The van der Waals surface area contributed by atoms with Crippen molar-refractivity contribution in [3.63, 3.8) is 0 Å². The molecule has 0 aromatic heterocycles. The molecule has 29 heavy (non-hydrogen) atoms. The maximum atomic E-state index is 12.4. The topological polar surface area (TPSA) is 129 Å². The molecule has 11 heteroatoms. The number of likely N-dealkylation sites (tertiary alicyclic amines) is 1. The zero-order chi connectivity index (χ0) is 19.7. The van der Waals surface area contributed by atoms with Crippen molar-refractivity contribution in [1.82, 2.24) is 4.90 Å². The van der Waals surface area contributed by atoms with Gasteiger partial charge in [-0.3, -0.25) is 4.79 Å². The van der Waals surface area contributed by atoms with E-state index in [-0.39, 0.29) is 51.4 Å². The molecule has 1 saturated heterocycles. The van der Waals surface area contributed by atoms with E-state index < -0.39 is 21.3 Å². The number of carbonyl (C=O) groups is 1. The normalized spacial score (nSPS) is 18.1. The third-order valence-electron chi connectivity index (χ3n) is 5.84. The van der Waals surface area contributed by atoms with E-state index in [2.05, 4.69) is 26.1 Å². The molecule has 0 radical (unpaired) electrons. The molecule has 150 valence electrons. The van der Waals surface area contributed by atoms with Crippen molar-refractivity contribution >= 4 is 21.7 Å². The number of aryl methyl sites for hydroxylation is 2. The first-order valence-corrected chi connectivity index (χ1v) is 11.2. The van der Waals surface area contributed by atoms with Crippen LogP contribution in [0.2, 0.25) is 0 Å². The van der Waals surface area contributed by atoms with Crippen molar-refractivity contribution in [2.24, 2.45) is 5.11 Å². The van der Waals surface area contributed by atoms with E-state index in [4.69, 9.17) is 5.53 Å². The summed E-state index contributed by atoms with van der Waals surface area (Å²) >= 11 is 0. The Labute approximate surface area is 213 Å². The van der Waals surface area contributed by atoms with E-state index in [9.17, 15) is 13.2 Å². The number of urea groups is 1. The standard InChI is InChI=1S/C18H24N6O3S.K/c19-23-20-7-8-24-10-14(11-24)28(26,27)22-18(25)21-17-15-5-1-3-12(15)9-13-4-2-6-16(13)17;/h9,14H,1-8,10-11H2,(H2,21,22,25);/q;+1/p-1. The fraction of sp³-hybridized carbons (Fsp3) is 0.611. The second-order valence-corrected chi connectivity index (χ2v) is 9.49. The summed E-state index contributed by atoms with van der Waals surface area (Å²) in [6, 6.07) is 1.45. The molecule has 1 aliphatic heterocycles. The number of carbonyl (C=O) groups excluding carboxylic acids is 1. The summed E-state index contributed by atoms with van der Waals surface area (Å²) in [7, 11) is -3.87. The Kier molecular flexibility index (Phi) is 7.66. The van der Waals surface area contributed by atoms with Crippen LogP contribution in [0.4, 0.5) is 10.5 Å². The Morgan fingerprint density at radius 3 is 2.41 bits per heavy atom. The third-order valence-corrected chi connectivity index (χ3v) is 7.40. The first-order valence-electron chi connectivity index (χ1n) is 9.65. The van der Waals surface area contributed by atoms with Gasteiger partial charge in [0, 0.05) is 31.1 Å². The summed E-state index contributed by atoms with van der Waals surface area (Å²) in [5.41, 5.74) is 13.9. The van der Waals surface area contributed by atoms with Crippen LogP contribution in [0.5, 0.6) is 0 Å². The molecule has 4 rings (SSSR count). The Morgan fingerprint density at radius 2 is 1.83 bits per heavy atom. The fourth-order valence-corrected chi connectivity index (χ4v) is 5.64. The Balaban J connectivity index is 0.00000240. The number of anilines is 1. The van der Waals surface area contributed by atoms with Crippen LogP contribution < -0.4 is 56.7 Å². The van der Waals surface area contributed by atoms with Crippen molar-refractivity contribution < 1.29 is 64.6 Å². The smallest absolute Gasteiger partial charge is 0.423 e. The molecule has 2 amide bonds. The van der Waals surface area contributed by atoms with Gasteiger partial charge in [-0.05, 0) is 72.0 Å². The van der Waals surface area contributed by atoms with Gasteiger partial charge in [-0.2, -0.15) is 0 Å². The zero-order valence-electron chi connectivity index (χ0n) is 16.6. The Bertz CT molecular complexity index is 923. The molecular weight excluding hydrogens is 419 g/mol. The van der Waals surface area contributed by atoms with E-state index in [0.717, 1.165) is 55.3 Å². The molecule has 9 nitrogen and oxygen atoms in total. The average molecular weight is 443 g/mol. The summed E-state index contributed by atoms with van der Waals surface area (Å²) in [4.78, 5) is 17.0. The third kappa shape index (κ3) is 4.99. The Hall–Kier alpha value is -0.654. The number of nitrogens with one attached hydrogen (secondary N) is 1. The molecule has 1 N–H and O–H groups in total. The molecule has 0 spiro atoms. The van der Waals surface area contributed by atoms with Gasteiger partial charge in [0.1, 0.15) is 0 Å². The summed E-state index contributed by atoms with van der Waals surface area (Å²) in [6.07, 6.45) is 5.96. The van der Waals surface area contributed by atoms with Gasteiger partial charge in [0.15, 0.2) is 16.1 Å². The van der Waals surface area contributed by atoms with E-state index in [1.165, 1.54) is 11.1 Å². The number of hydrogen-bond acceptors (Lipinski definition) is 5. The van der Waals surface area contributed by atoms with Crippen LogP contribution in [0.1, 0.15) is 35.1 Å². The number of benzene rings is 1. The van der Waals surface area contributed by atoms with Gasteiger partial charge in [-0.15, -0.1) is 0 Å². The molecule has 1 aromatic carbocycles. The number of azide groups is 1. The summed E-state index contributed by atoms with van der Waals surface area (Å²) in [5, 5.41) is 5.55. The summed E-state index contributed by atoms with van der Waals surface area (Å²) < 4.78 is 28.4. The van der Waals surface area contributed by atoms with E-state index in [0.29, 0.717) is 26.2 Å². The summed E-state index contributed by atoms with van der Waals surface area (Å²) in [5.74, 6) is 0.